The van der Waals surface area contributed by atoms with Gasteiger partial charge in [0.15, 0.2) is 6.61 Å². The highest BCUT2D eigenvalue weighted by molar-refractivity contribution is 7.15. The zero-order chi connectivity index (χ0) is 21.3. The van der Waals surface area contributed by atoms with Crippen molar-refractivity contribution in [2.24, 2.45) is 0 Å². The Morgan fingerprint density at radius 1 is 1.30 bits per heavy atom. The summed E-state index contributed by atoms with van der Waals surface area (Å²) in [6.45, 7) is 1.43. The molecule has 2 aromatic carbocycles. The van der Waals surface area contributed by atoms with Crippen LogP contribution in [0.4, 0.5) is 10.1 Å². The number of carbonyl (C=O) groups is 1. The first kappa shape index (κ1) is 20.0. The normalized spacial score (nSPS) is 11.8. The number of aromatic nitrogens is 3. The fourth-order valence-corrected chi connectivity index (χ4v) is 3.83. The summed E-state index contributed by atoms with van der Waals surface area (Å²) in [6, 6.07) is 10.3. The molecular formula is C20H14ClFN4O3S. The molecule has 0 atom stereocenters. The Kier molecular flexibility index (Phi) is 5.47. The fourth-order valence-electron chi connectivity index (χ4n) is 2.71. The molecule has 0 bridgehead atoms. The van der Waals surface area contributed by atoms with Crippen LogP contribution in [-0.4, -0.2) is 27.1 Å². The number of aryl methyl sites for hydroxylation is 1. The highest BCUT2D eigenvalue weighted by atomic mass is 35.5. The number of amides is 1. The van der Waals surface area contributed by atoms with E-state index in [0.29, 0.717) is 37.3 Å². The lowest BCUT2D eigenvalue weighted by Crippen LogP contribution is -2.24. The Morgan fingerprint density at radius 3 is 2.80 bits per heavy atom. The molecule has 2 heterocycles. The monoisotopic (exact) mass is 444 g/mol. The molecule has 0 aliphatic rings. The van der Waals surface area contributed by atoms with Crippen molar-refractivity contribution in [2.75, 3.05) is 11.9 Å². The van der Waals surface area contributed by atoms with Gasteiger partial charge in [0.1, 0.15) is 17.4 Å². The van der Waals surface area contributed by atoms with Gasteiger partial charge in [0, 0.05) is 16.3 Å². The summed E-state index contributed by atoms with van der Waals surface area (Å²) >= 11 is 7.29. The number of ether oxygens (including phenoxy) is 1. The SMILES string of the molecule is Cc1nc2s/c(=C\c3cc(Cl)ccc3OCC(=O)Nc3ccc(F)cc3)c(=O)n2n1. The lowest BCUT2D eigenvalue weighted by atomic mass is 10.2. The number of hydrogen-bond acceptors (Lipinski definition) is 6. The van der Waals surface area contributed by atoms with Crippen LogP contribution in [0.2, 0.25) is 5.02 Å². The van der Waals surface area contributed by atoms with Crippen LogP contribution in [0.25, 0.3) is 11.0 Å². The van der Waals surface area contributed by atoms with Gasteiger partial charge in [-0.1, -0.05) is 22.9 Å². The number of benzene rings is 2. The third-order valence-corrected chi connectivity index (χ3v) is 5.23. The third-order valence-electron chi connectivity index (χ3n) is 4.03. The molecule has 152 valence electrons. The van der Waals surface area contributed by atoms with E-state index in [1.807, 2.05) is 0 Å². The summed E-state index contributed by atoms with van der Waals surface area (Å²) in [7, 11) is 0. The topological polar surface area (TPSA) is 85.6 Å². The number of hydrogen-bond donors (Lipinski definition) is 1. The molecule has 0 radical (unpaired) electrons. The number of thiazole rings is 1. The number of anilines is 1. The van der Waals surface area contributed by atoms with Crippen LogP contribution in [0.3, 0.4) is 0 Å². The van der Waals surface area contributed by atoms with Gasteiger partial charge in [-0.3, -0.25) is 9.59 Å². The van der Waals surface area contributed by atoms with Crippen molar-refractivity contribution in [1.29, 1.82) is 0 Å². The third kappa shape index (κ3) is 4.32. The van der Waals surface area contributed by atoms with Gasteiger partial charge in [-0.2, -0.15) is 4.52 Å². The second-order valence-corrected chi connectivity index (χ2v) is 7.74. The molecule has 0 saturated heterocycles. The number of carbonyl (C=O) groups excluding carboxylic acids is 1. The van der Waals surface area contributed by atoms with Gasteiger partial charge in [-0.25, -0.2) is 9.37 Å². The molecule has 1 amide bonds. The summed E-state index contributed by atoms with van der Waals surface area (Å²) in [5.41, 5.74) is 0.694. The smallest absolute Gasteiger partial charge is 0.291 e. The molecule has 4 aromatic rings. The number of rotatable bonds is 5. The minimum atomic E-state index is -0.415. The molecule has 0 saturated carbocycles. The van der Waals surface area contributed by atoms with Crippen molar-refractivity contribution < 1.29 is 13.9 Å². The molecule has 0 fully saturated rings. The molecule has 7 nitrogen and oxygen atoms in total. The summed E-state index contributed by atoms with van der Waals surface area (Å²) in [5.74, 6) is 0.0862. The number of fused-ring (bicyclic) bond motifs is 1. The largest absolute Gasteiger partial charge is 0.483 e. The average Bonchev–Trinajstić information content (AvgIpc) is 3.20. The molecular weight excluding hydrogens is 431 g/mol. The van der Waals surface area contributed by atoms with Crippen molar-refractivity contribution in [2.45, 2.75) is 6.92 Å². The molecule has 0 spiro atoms. The standard InChI is InChI=1S/C20H14ClFN4O3S/c1-11-23-20-26(25-11)19(28)17(30-20)9-12-8-13(21)2-7-16(12)29-10-18(27)24-15-5-3-14(22)4-6-15/h2-9H,10H2,1H3,(H,24,27)/b17-9-. The summed E-state index contributed by atoms with van der Waals surface area (Å²) in [6.07, 6.45) is 1.62. The van der Waals surface area contributed by atoms with Crippen LogP contribution in [0.1, 0.15) is 11.4 Å². The second kappa shape index (κ2) is 8.21. The van der Waals surface area contributed by atoms with E-state index in [4.69, 9.17) is 16.3 Å². The molecule has 10 heteroatoms. The van der Waals surface area contributed by atoms with Crippen LogP contribution in [0.5, 0.6) is 5.75 Å². The van der Waals surface area contributed by atoms with Crippen LogP contribution in [-0.2, 0) is 4.79 Å². The fraction of sp³-hybridized carbons (Fsp3) is 0.100. The first-order valence-electron chi connectivity index (χ1n) is 8.75. The molecule has 0 aliphatic heterocycles. The van der Waals surface area contributed by atoms with Gasteiger partial charge in [-0.15, -0.1) is 5.10 Å². The van der Waals surface area contributed by atoms with E-state index >= 15 is 0 Å². The summed E-state index contributed by atoms with van der Waals surface area (Å²) in [5, 5.41) is 7.13. The summed E-state index contributed by atoms with van der Waals surface area (Å²) in [4.78, 5) is 29.3. The van der Waals surface area contributed by atoms with Crippen LogP contribution in [0.15, 0.2) is 47.3 Å². The minimum absolute atomic E-state index is 0.279. The van der Waals surface area contributed by atoms with E-state index in [-0.39, 0.29) is 12.2 Å². The van der Waals surface area contributed by atoms with E-state index < -0.39 is 11.7 Å². The van der Waals surface area contributed by atoms with Crippen molar-refractivity contribution >= 4 is 45.6 Å². The Bertz CT molecular complexity index is 1350. The van der Waals surface area contributed by atoms with Gasteiger partial charge < -0.3 is 10.1 Å². The van der Waals surface area contributed by atoms with Crippen LogP contribution < -0.4 is 20.1 Å². The average molecular weight is 445 g/mol. The van der Waals surface area contributed by atoms with Gasteiger partial charge in [-0.05, 0) is 55.5 Å². The lowest BCUT2D eigenvalue weighted by molar-refractivity contribution is -0.118. The first-order valence-corrected chi connectivity index (χ1v) is 9.94. The number of halogens is 2. The van der Waals surface area contributed by atoms with Crippen LogP contribution in [0, 0.1) is 12.7 Å². The highest BCUT2D eigenvalue weighted by Crippen LogP contribution is 2.24. The quantitative estimate of drug-likeness (QED) is 0.511. The predicted octanol–water partition coefficient (Wildman–Crippen LogP) is 2.82. The zero-order valence-corrected chi connectivity index (χ0v) is 17.1. The number of nitrogens with zero attached hydrogens (tertiary/aromatic N) is 3. The predicted molar refractivity (Wildman–Crippen MR) is 113 cm³/mol. The van der Waals surface area contributed by atoms with Gasteiger partial charge in [0.05, 0.1) is 4.53 Å². The van der Waals surface area contributed by atoms with Crippen molar-refractivity contribution in [3.05, 3.63) is 79.6 Å². The lowest BCUT2D eigenvalue weighted by Gasteiger charge is -2.10. The second-order valence-electron chi connectivity index (χ2n) is 6.30. The Balaban J connectivity index is 1.56. The Labute approximate surface area is 178 Å². The van der Waals surface area contributed by atoms with E-state index in [9.17, 15) is 14.0 Å². The van der Waals surface area contributed by atoms with Crippen molar-refractivity contribution in [3.63, 3.8) is 0 Å². The Hall–Kier alpha value is -3.30. The first-order chi connectivity index (χ1) is 14.4. The van der Waals surface area contributed by atoms with Gasteiger partial charge in [0.25, 0.3) is 11.5 Å². The molecule has 1 N–H and O–H groups in total. The van der Waals surface area contributed by atoms with E-state index in [0.717, 1.165) is 0 Å². The molecule has 30 heavy (non-hydrogen) atoms. The maximum Gasteiger partial charge on any atom is 0.291 e. The van der Waals surface area contributed by atoms with E-state index in [1.54, 1.807) is 31.2 Å². The minimum Gasteiger partial charge on any atom is -0.483 e. The highest BCUT2D eigenvalue weighted by Gasteiger charge is 2.11. The van der Waals surface area contributed by atoms with Crippen molar-refractivity contribution in [3.8, 4) is 5.75 Å². The zero-order valence-electron chi connectivity index (χ0n) is 15.6. The van der Waals surface area contributed by atoms with Crippen molar-refractivity contribution in [1.82, 2.24) is 14.6 Å². The Morgan fingerprint density at radius 2 is 2.07 bits per heavy atom. The molecule has 0 aliphatic carbocycles. The molecule has 2 aromatic heterocycles. The number of nitrogens with one attached hydrogen (secondary N) is 1. The maximum absolute atomic E-state index is 13.0. The molecule has 0 unspecified atom stereocenters. The maximum atomic E-state index is 13.0. The van der Waals surface area contributed by atoms with E-state index in [1.165, 1.54) is 40.1 Å². The van der Waals surface area contributed by atoms with E-state index in [2.05, 4.69) is 15.4 Å². The molecule has 4 rings (SSSR count). The van der Waals surface area contributed by atoms with Gasteiger partial charge in [0.2, 0.25) is 4.96 Å². The van der Waals surface area contributed by atoms with Crippen LogP contribution >= 0.6 is 22.9 Å². The van der Waals surface area contributed by atoms with Gasteiger partial charge >= 0.3 is 0 Å². The summed E-state index contributed by atoms with van der Waals surface area (Å²) < 4.78 is 20.2.